The average molecular weight is 415 g/mol. The van der Waals surface area contributed by atoms with Gasteiger partial charge in [-0.2, -0.15) is 5.26 Å². The van der Waals surface area contributed by atoms with E-state index in [0.717, 1.165) is 53.4 Å². The summed E-state index contributed by atoms with van der Waals surface area (Å²) in [6.07, 6.45) is 0.608. The monoisotopic (exact) mass is 415 g/mol. The molecule has 2 aromatic rings. The van der Waals surface area contributed by atoms with E-state index in [1.807, 2.05) is 12.1 Å². The molecule has 9 heteroatoms. The molecule has 3 heterocycles. The molecule has 2 aromatic heterocycles. The van der Waals surface area contributed by atoms with Crippen LogP contribution in [0, 0.1) is 11.3 Å². The van der Waals surface area contributed by atoms with Gasteiger partial charge < -0.3 is 25.2 Å². The summed E-state index contributed by atoms with van der Waals surface area (Å²) in [6, 6.07) is 5.93. The Hall–Kier alpha value is -2.06. The van der Waals surface area contributed by atoms with Crippen LogP contribution in [0.15, 0.2) is 29.6 Å². The Morgan fingerprint density at radius 3 is 2.72 bits per heavy atom. The first-order chi connectivity index (χ1) is 14.0. The van der Waals surface area contributed by atoms with Gasteiger partial charge in [0.05, 0.1) is 12.2 Å². The van der Waals surface area contributed by atoms with Crippen molar-refractivity contribution in [2.45, 2.75) is 54.1 Å². The summed E-state index contributed by atoms with van der Waals surface area (Å²) in [7, 11) is 0. The molecule has 0 unspecified atom stereocenters. The van der Waals surface area contributed by atoms with Crippen molar-refractivity contribution in [2.24, 2.45) is 0 Å². The molecular weight excluding hydrogens is 394 g/mol. The Morgan fingerprint density at radius 2 is 2.03 bits per heavy atom. The topological polar surface area (TPSA) is 140 Å². The fourth-order valence-corrected chi connectivity index (χ4v) is 5.00. The number of aliphatic hydroxyl groups excluding tert-OH is 4. The largest absolute Gasteiger partial charge is 0.394 e. The van der Waals surface area contributed by atoms with Crippen molar-refractivity contribution in [1.82, 2.24) is 9.97 Å². The number of hydrogen-bond acceptors (Lipinski definition) is 9. The van der Waals surface area contributed by atoms with Crippen LogP contribution in [0.5, 0.6) is 0 Å². The zero-order valence-corrected chi connectivity index (χ0v) is 16.3. The van der Waals surface area contributed by atoms with Gasteiger partial charge in [0.25, 0.3) is 0 Å². The smallest absolute Gasteiger partial charge is 0.138 e. The van der Waals surface area contributed by atoms with Gasteiger partial charge in [0, 0.05) is 29.2 Å². The second-order valence-electron chi connectivity index (χ2n) is 7.11. The minimum atomic E-state index is -1.48. The van der Waals surface area contributed by atoms with E-state index in [4.69, 9.17) is 4.74 Å². The minimum absolute atomic E-state index is 0.362. The SMILES string of the molecule is N#Cc1c(S[C@@H]2O[C@H](CO)[C@@H](O)[C@H](O)[C@H]2O)nc2c(c1-c1cccnc1)CCC2. The lowest BCUT2D eigenvalue weighted by Gasteiger charge is -2.39. The highest BCUT2D eigenvalue weighted by molar-refractivity contribution is 7.99. The van der Waals surface area contributed by atoms with E-state index >= 15 is 0 Å². The highest BCUT2D eigenvalue weighted by Gasteiger charge is 2.44. The summed E-state index contributed by atoms with van der Waals surface area (Å²) in [5.74, 6) is 0. The van der Waals surface area contributed by atoms with Crippen LogP contribution in [0.4, 0.5) is 0 Å². The summed E-state index contributed by atoms with van der Waals surface area (Å²) in [4.78, 5) is 8.82. The first kappa shape index (κ1) is 20.2. The van der Waals surface area contributed by atoms with Gasteiger partial charge in [-0.15, -0.1) is 0 Å². The number of aryl methyl sites for hydroxylation is 1. The summed E-state index contributed by atoms with van der Waals surface area (Å²) < 4.78 is 5.59. The number of pyridine rings is 2. The molecule has 1 aliphatic heterocycles. The van der Waals surface area contributed by atoms with Crippen LogP contribution in [0.1, 0.15) is 23.2 Å². The summed E-state index contributed by atoms with van der Waals surface area (Å²) >= 11 is 1.02. The maximum Gasteiger partial charge on any atom is 0.138 e. The molecule has 5 atom stereocenters. The van der Waals surface area contributed by atoms with Gasteiger partial charge in [0.15, 0.2) is 0 Å². The molecule has 4 N–H and O–H groups in total. The molecule has 0 saturated carbocycles. The zero-order valence-electron chi connectivity index (χ0n) is 15.5. The third-order valence-electron chi connectivity index (χ3n) is 5.33. The highest BCUT2D eigenvalue weighted by Crippen LogP contribution is 2.41. The van der Waals surface area contributed by atoms with Crippen LogP contribution < -0.4 is 0 Å². The lowest BCUT2D eigenvalue weighted by atomic mass is 9.97. The van der Waals surface area contributed by atoms with Crippen molar-refractivity contribution in [3.8, 4) is 17.2 Å². The Kier molecular flexibility index (Phi) is 5.83. The van der Waals surface area contributed by atoms with Crippen LogP contribution in [-0.4, -0.2) is 66.9 Å². The van der Waals surface area contributed by atoms with Crippen molar-refractivity contribution in [3.63, 3.8) is 0 Å². The van der Waals surface area contributed by atoms with Gasteiger partial charge in [-0.05, 0) is 30.9 Å². The predicted octanol–water partition coefficient (Wildman–Crippen LogP) is 0.396. The number of nitrogens with zero attached hydrogens (tertiary/aromatic N) is 3. The quantitative estimate of drug-likeness (QED) is 0.558. The molecule has 1 fully saturated rings. The average Bonchev–Trinajstić information content (AvgIpc) is 3.21. The second kappa shape index (κ2) is 8.36. The minimum Gasteiger partial charge on any atom is -0.394 e. The van der Waals surface area contributed by atoms with Gasteiger partial charge in [-0.1, -0.05) is 17.8 Å². The van der Waals surface area contributed by atoms with Crippen molar-refractivity contribution >= 4 is 11.8 Å². The van der Waals surface area contributed by atoms with Crippen LogP contribution in [0.25, 0.3) is 11.1 Å². The molecule has 0 amide bonds. The van der Waals surface area contributed by atoms with E-state index in [1.54, 1.807) is 12.4 Å². The molecule has 0 bridgehead atoms. The number of thioether (sulfide) groups is 1. The molecule has 8 nitrogen and oxygen atoms in total. The summed E-state index contributed by atoms with van der Waals surface area (Å²) in [6.45, 7) is -0.508. The Labute approximate surface area is 171 Å². The Balaban J connectivity index is 1.76. The maximum atomic E-state index is 10.4. The molecule has 152 valence electrons. The van der Waals surface area contributed by atoms with E-state index in [9.17, 15) is 25.7 Å². The summed E-state index contributed by atoms with van der Waals surface area (Å²) in [5.41, 5.74) is 2.91. The molecule has 2 aliphatic rings. The van der Waals surface area contributed by atoms with Crippen molar-refractivity contribution < 1.29 is 25.2 Å². The third-order valence-corrected chi connectivity index (χ3v) is 6.47. The van der Waals surface area contributed by atoms with Crippen molar-refractivity contribution in [3.05, 3.63) is 41.3 Å². The van der Waals surface area contributed by atoms with Crippen LogP contribution in [0.2, 0.25) is 0 Å². The molecule has 1 aliphatic carbocycles. The molecule has 0 spiro atoms. The first-order valence-electron chi connectivity index (χ1n) is 9.38. The van der Waals surface area contributed by atoms with Crippen molar-refractivity contribution in [2.75, 3.05) is 6.61 Å². The number of hydrogen-bond donors (Lipinski definition) is 4. The Bertz CT molecular complexity index is 934. The lowest BCUT2D eigenvalue weighted by molar-refractivity contribution is -0.205. The maximum absolute atomic E-state index is 10.4. The zero-order chi connectivity index (χ0) is 20.5. The van der Waals surface area contributed by atoms with E-state index in [0.29, 0.717) is 10.6 Å². The molecular formula is C20H21N3O5S. The Morgan fingerprint density at radius 1 is 1.21 bits per heavy atom. The van der Waals surface area contributed by atoms with E-state index < -0.39 is 36.5 Å². The lowest BCUT2D eigenvalue weighted by Crippen LogP contribution is -2.57. The molecule has 4 rings (SSSR count). The fraction of sp³-hybridized carbons (Fsp3) is 0.450. The van der Waals surface area contributed by atoms with E-state index in [1.165, 1.54) is 0 Å². The van der Waals surface area contributed by atoms with Gasteiger partial charge >= 0.3 is 0 Å². The molecule has 1 saturated heterocycles. The number of nitriles is 1. The fourth-order valence-electron chi connectivity index (χ4n) is 3.85. The van der Waals surface area contributed by atoms with Crippen LogP contribution in [0.3, 0.4) is 0 Å². The number of rotatable bonds is 4. The normalized spacial score (nSPS) is 28.7. The van der Waals surface area contributed by atoms with Gasteiger partial charge in [0.2, 0.25) is 0 Å². The number of aliphatic hydroxyl groups is 4. The number of ether oxygens (including phenoxy) is 1. The van der Waals surface area contributed by atoms with Gasteiger partial charge in [-0.25, -0.2) is 4.98 Å². The molecule has 0 radical (unpaired) electrons. The number of fused-ring (bicyclic) bond motifs is 1. The van der Waals surface area contributed by atoms with E-state index in [2.05, 4.69) is 16.0 Å². The molecule has 0 aromatic carbocycles. The van der Waals surface area contributed by atoms with Gasteiger partial charge in [-0.3, -0.25) is 4.98 Å². The van der Waals surface area contributed by atoms with E-state index in [-0.39, 0.29) is 0 Å². The summed E-state index contributed by atoms with van der Waals surface area (Å²) in [5, 5.41) is 50.1. The van der Waals surface area contributed by atoms with Crippen LogP contribution >= 0.6 is 11.8 Å². The second-order valence-corrected chi connectivity index (χ2v) is 8.20. The number of aromatic nitrogens is 2. The molecule has 29 heavy (non-hydrogen) atoms. The standard InChI is InChI=1S/C20H21N3O5S/c21-7-12-15(10-3-2-6-22-8-10)11-4-1-5-13(11)23-19(12)29-20-18(27)17(26)16(25)14(9-24)28-20/h2-3,6,8,14,16-18,20,24-27H,1,4-5,9H2/t14-,16-,17+,18-,20+/m1/s1. The van der Waals surface area contributed by atoms with Crippen LogP contribution in [-0.2, 0) is 17.6 Å². The van der Waals surface area contributed by atoms with Crippen molar-refractivity contribution in [1.29, 1.82) is 5.26 Å². The van der Waals surface area contributed by atoms with Gasteiger partial charge in [0.1, 0.15) is 40.9 Å². The highest BCUT2D eigenvalue weighted by atomic mass is 32.2. The first-order valence-corrected chi connectivity index (χ1v) is 10.3. The predicted molar refractivity (Wildman–Crippen MR) is 104 cm³/mol. The third kappa shape index (κ3) is 3.64.